The highest BCUT2D eigenvalue weighted by molar-refractivity contribution is 5.93. The van der Waals surface area contributed by atoms with Crippen LogP contribution in [0.1, 0.15) is 5.56 Å². The first-order chi connectivity index (χ1) is 12.4. The van der Waals surface area contributed by atoms with Crippen molar-refractivity contribution in [1.29, 1.82) is 0 Å². The molecule has 0 atom stereocenters. The maximum atomic E-state index is 13.3. The lowest BCUT2D eigenvalue weighted by atomic mass is 10.0. The van der Waals surface area contributed by atoms with Gasteiger partial charge in [0.05, 0.1) is 17.4 Å². The van der Waals surface area contributed by atoms with Gasteiger partial charge in [0.25, 0.3) is 0 Å². The molecule has 0 saturated carbocycles. The van der Waals surface area contributed by atoms with Crippen molar-refractivity contribution in [2.75, 3.05) is 0 Å². The van der Waals surface area contributed by atoms with E-state index >= 15 is 0 Å². The van der Waals surface area contributed by atoms with Gasteiger partial charge in [-0.1, -0.05) is 0 Å². The molecule has 0 aliphatic heterocycles. The van der Waals surface area contributed by atoms with Crippen LogP contribution in [-0.2, 0) is 6.18 Å². The van der Waals surface area contributed by atoms with E-state index in [0.717, 1.165) is 12.3 Å². The normalized spacial score (nSPS) is 11.8. The number of halogens is 4. The fourth-order valence-electron chi connectivity index (χ4n) is 2.79. The molecule has 4 rings (SSSR count). The van der Waals surface area contributed by atoms with Crippen LogP contribution >= 0.6 is 0 Å². The topological polar surface area (TPSA) is 43.6 Å². The van der Waals surface area contributed by atoms with Crippen LogP contribution < -0.4 is 0 Å². The number of fused-ring (bicyclic) bond motifs is 1. The fraction of sp³-hybridized carbons (Fsp3) is 0.0556. The molecule has 0 saturated heterocycles. The lowest BCUT2D eigenvalue weighted by Crippen LogP contribution is -2.07. The van der Waals surface area contributed by atoms with Crippen molar-refractivity contribution >= 4 is 11.0 Å². The van der Waals surface area contributed by atoms with Crippen LogP contribution in [0.2, 0.25) is 0 Å². The molecule has 8 heteroatoms. The quantitative estimate of drug-likeness (QED) is 0.490. The predicted octanol–water partition coefficient (Wildman–Crippen LogP) is 4.64. The molecule has 1 aromatic carbocycles. The van der Waals surface area contributed by atoms with Gasteiger partial charge < -0.3 is 0 Å². The molecule has 0 spiro atoms. The van der Waals surface area contributed by atoms with Crippen molar-refractivity contribution in [3.05, 3.63) is 72.6 Å². The van der Waals surface area contributed by atoms with E-state index in [1.54, 1.807) is 0 Å². The number of benzene rings is 1. The smallest absolute Gasteiger partial charge is 0.264 e. The maximum absolute atomic E-state index is 13.3. The summed E-state index contributed by atoms with van der Waals surface area (Å²) in [7, 11) is 0. The lowest BCUT2D eigenvalue weighted by molar-refractivity contribution is -0.137. The van der Waals surface area contributed by atoms with Gasteiger partial charge in [0.15, 0.2) is 5.65 Å². The molecule has 0 aliphatic carbocycles. The summed E-state index contributed by atoms with van der Waals surface area (Å²) >= 11 is 0. The average molecular weight is 358 g/mol. The second-order valence-electron chi connectivity index (χ2n) is 5.55. The number of aromatic nitrogens is 4. The molecule has 130 valence electrons. The highest BCUT2D eigenvalue weighted by atomic mass is 19.4. The van der Waals surface area contributed by atoms with Gasteiger partial charge >= 0.3 is 6.18 Å². The van der Waals surface area contributed by atoms with E-state index in [1.165, 1.54) is 53.6 Å². The Balaban J connectivity index is 1.93. The van der Waals surface area contributed by atoms with Crippen molar-refractivity contribution in [3.8, 4) is 16.8 Å². The number of hydrogen-bond donors (Lipinski definition) is 0. The van der Waals surface area contributed by atoms with Crippen LogP contribution in [-0.4, -0.2) is 19.7 Å². The first kappa shape index (κ1) is 16.2. The standard InChI is InChI=1S/C18H10F4N4/c19-11-1-3-12(4-2-11)26-17-15(10-25-26)13(5-8-24-17)14-9-23-7-6-16(14)18(20,21)22/h1-10H. The van der Waals surface area contributed by atoms with Crippen molar-refractivity contribution in [2.24, 2.45) is 0 Å². The maximum Gasteiger partial charge on any atom is 0.417 e. The lowest BCUT2D eigenvalue weighted by Gasteiger charge is -2.12. The third-order valence-electron chi connectivity index (χ3n) is 3.96. The van der Waals surface area contributed by atoms with Crippen LogP contribution in [0.5, 0.6) is 0 Å². The minimum atomic E-state index is -4.51. The minimum absolute atomic E-state index is 0.0499. The van der Waals surface area contributed by atoms with Gasteiger partial charge in [0.1, 0.15) is 5.82 Å². The summed E-state index contributed by atoms with van der Waals surface area (Å²) in [6, 6.07) is 8.01. The molecular formula is C18H10F4N4. The second kappa shape index (κ2) is 5.91. The van der Waals surface area contributed by atoms with Crippen LogP contribution in [0, 0.1) is 5.82 Å². The summed E-state index contributed by atoms with van der Waals surface area (Å²) in [6.07, 6.45) is 0.612. The Kier molecular flexibility index (Phi) is 3.68. The van der Waals surface area contributed by atoms with Gasteiger partial charge in [-0.2, -0.15) is 18.3 Å². The zero-order valence-corrected chi connectivity index (χ0v) is 13.1. The molecule has 3 aromatic heterocycles. The first-order valence-corrected chi connectivity index (χ1v) is 7.55. The molecule has 3 heterocycles. The molecule has 4 aromatic rings. The zero-order chi connectivity index (χ0) is 18.3. The molecule has 0 aliphatic rings. The fourth-order valence-corrected chi connectivity index (χ4v) is 2.79. The summed E-state index contributed by atoms with van der Waals surface area (Å²) in [5.41, 5.74) is 0.406. The van der Waals surface area contributed by atoms with E-state index in [-0.39, 0.29) is 5.56 Å². The molecule has 4 nitrogen and oxygen atoms in total. The highest BCUT2D eigenvalue weighted by Crippen LogP contribution is 2.38. The highest BCUT2D eigenvalue weighted by Gasteiger charge is 2.34. The molecule has 0 radical (unpaired) electrons. The third-order valence-corrected chi connectivity index (χ3v) is 3.96. The van der Waals surface area contributed by atoms with Gasteiger partial charge in [0.2, 0.25) is 0 Å². The molecule has 0 bridgehead atoms. The molecular weight excluding hydrogens is 348 g/mol. The van der Waals surface area contributed by atoms with Crippen molar-refractivity contribution in [3.63, 3.8) is 0 Å². The predicted molar refractivity (Wildman–Crippen MR) is 87.1 cm³/mol. The monoisotopic (exact) mass is 358 g/mol. The van der Waals surface area contributed by atoms with E-state index < -0.39 is 17.6 Å². The summed E-state index contributed by atoms with van der Waals surface area (Å²) in [5.74, 6) is -0.399. The van der Waals surface area contributed by atoms with Gasteiger partial charge in [-0.05, 0) is 42.0 Å². The number of rotatable bonds is 2. The Hall–Kier alpha value is -3.29. The molecule has 0 fully saturated rings. The van der Waals surface area contributed by atoms with Gasteiger partial charge in [-0.15, -0.1) is 0 Å². The second-order valence-corrected chi connectivity index (χ2v) is 5.55. The Labute approximate surface area is 144 Å². The Morgan fingerprint density at radius 2 is 1.62 bits per heavy atom. The Bertz CT molecular complexity index is 1080. The summed E-state index contributed by atoms with van der Waals surface area (Å²) in [4.78, 5) is 8.05. The largest absolute Gasteiger partial charge is 0.417 e. The van der Waals surface area contributed by atoms with Crippen molar-refractivity contribution in [2.45, 2.75) is 6.18 Å². The summed E-state index contributed by atoms with van der Waals surface area (Å²) in [5, 5.41) is 4.64. The molecule has 26 heavy (non-hydrogen) atoms. The summed E-state index contributed by atoms with van der Waals surface area (Å²) < 4.78 is 54.6. The van der Waals surface area contributed by atoms with E-state index in [2.05, 4.69) is 15.1 Å². The zero-order valence-electron chi connectivity index (χ0n) is 13.1. The van der Waals surface area contributed by atoms with Crippen LogP contribution in [0.15, 0.2) is 61.2 Å². The van der Waals surface area contributed by atoms with Crippen LogP contribution in [0.3, 0.4) is 0 Å². The summed E-state index contributed by atoms with van der Waals surface area (Å²) in [6.45, 7) is 0. The van der Waals surface area contributed by atoms with E-state index in [9.17, 15) is 17.6 Å². The molecule has 0 amide bonds. The number of nitrogens with zero attached hydrogens (tertiary/aromatic N) is 4. The van der Waals surface area contributed by atoms with Gasteiger partial charge in [-0.25, -0.2) is 14.1 Å². The van der Waals surface area contributed by atoms with Crippen LogP contribution in [0.4, 0.5) is 17.6 Å². The van der Waals surface area contributed by atoms with Crippen LogP contribution in [0.25, 0.3) is 27.8 Å². The number of alkyl halides is 3. The Morgan fingerprint density at radius 1 is 0.846 bits per heavy atom. The average Bonchev–Trinajstić information content (AvgIpc) is 3.06. The Morgan fingerprint density at radius 3 is 2.35 bits per heavy atom. The molecule has 0 N–H and O–H groups in total. The molecule has 0 unspecified atom stereocenters. The minimum Gasteiger partial charge on any atom is -0.264 e. The van der Waals surface area contributed by atoms with Gasteiger partial charge in [0, 0.05) is 29.5 Å². The number of pyridine rings is 2. The van der Waals surface area contributed by atoms with Gasteiger partial charge in [-0.3, -0.25) is 4.98 Å². The number of hydrogen-bond acceptors (Lipinski definition) is 3. The third kappa shape index (κ3) is 2.69. The van der Waals surface area contributed by atoms with Crippen molar-refractivity contribution in [1.82, 2.24) is 19.7 Å². The SMILES string of the molecule is Fc1ccc(-n2ncc3c(-c4cnccc4C(F)(F)F)ccnc32)cc1. The van der Waals surface area contributed by atoms with E-state index in [1.807, 2.05) is 0 Å². The van der Waals surface area contributed by atoms with Crippen molar-refractivity contribution < 1.29 is 17.6 Å². The van der Waals surface area contributed by atoms with E-state index in [0.29, 0.717) is 22.3 Å². The first-order valence-electron chi connectivity index (χ1n) is 7.55. The van der Waals surface area contributed by atoms with E-state index in [4.69, 9.17) is 0 Å².